The maximum Gasteiger partial charge on any atom is 0.316 e. The molecule has 1 heterocycles. The molecule has 2 aromatic carbocycles. The number of para-hydroxylation sites is 2. The molecule has 0 saturated heterocycles. The van der Waals surface area contributed by atoms with Gasteiger partial charge < -0.3 is 10.1 Å². The van der Waals surface area contributed by atoms with Crippen LogP contribution in [0.5, 0.6) is 0 Å². The number of amides is 2. The van der Waals surface area contributed by atoms with E-state index in [9.17, 15) is 14.4 Å². The quantitative estimate of drug-likeness (QED) is 0.627. The van der Waals surface area contributed by atoms with E-state index in [0.717, 1.165) is 4.90 Å². The van der Waals surface area contributed by atoms with Crippen LogP contribution in [0.15, 0.2) is 53.4 Å². The number of nitrogens with zero attached hydrogens (tertiary/aromatic N) is 1. The fraction of sp³-hybridized carbons (Fsp3) is 0.167. The molecule has 1 aliphatic heterocycles. The van der Waals surface area contributed by atoms with E-state index in [1.165, 1.54) is 16.7 Å². The van der Waals surface area contributed by atoms with Gasteiger partial charge in [-0.05, 0) is 36.4 Å². The summed E-state index contributed by atoms with van der Waals surface area (Å²) in [4.78, 5) is 38.2. The molecular weight excluding hydrogens is 376 g/mol. The van der Waals surface area contributed by atoms with E-state index in [2.05, 4.69) is 5.32 Å². The second-order valence-corrected chi connectivity index (χ2v) is 6.93. The average Bonchev–Trinajstić information content (AvgIpc) is 2.65. The number of rotatable bonds is 5. The number of ether oxygens (including phenoxy) is 1. The summed E-state index contributed by atoms with van der Waals surface area (Å²) >= 11 is 7.10. The van der Waals surface area contributed by atoms with E-state index in [0.29, 0.717) is 16.4 Å². The lowest BCUT2D eigenvalue weighted by Crippen LogP contribution is -2.44. The van der Waals surface area contributed by atoms with Crippen molar-refractivity contribution in [3.05, 3.63) is 53.6 Å². The highest BCUT2D eigenvalue weighted by Gasteiger charge is 2.27. The zero-order chi connectivity index (χ0) is 18.5. The molecule has 3 rings (SSSR count). The average molecular weight is 391 g/mol. The highest BCUT2D eigenvalue weighted by molar-refractivity contribution is 8.00. The van der Waals surface area contributed by atoms with Crippen molar-refractivity contribution in [2.45, 2.75) is 4.90 Å². The van der Waals surface area contributed by atoms with Crippen LogP contribution in [-0.2, 0) is 19.1 Å². The third kappa shape index (κ3) is 4.56. The third-order valence-corrected chi connectivity index (χ3v) is 4.84. The second kappa shape index (κ2) is 8.25. The van der Waals surface area contributed by atoms with Gasteiger partial charge in [-0.2, -0.15) is 0 Å². The van der Waals surface area contributed by atoms with Crippen LogP contribution in [0.3, 0.4) is 0 Å². The molecule has 2 amide bonds. The standard InChI is InChI=1S/C18H15ClN2O4S/c19-12-5-7-13(8-6-12)26-11-18(24)25-10-17(23)21-9-16(22)20-14-3-1-2-4-15(14)21/h1-8H,9-11H2,(H,20,22). The number of hydrogen-bond donors (Lipinski definition) is 1. The van der Waals surface area contributed by atoms with Gasteiger partial charge in [0.25, 0.3) is 5.91 Å². The Morgan fingerprint density at radius 1 is 1.15 bits per heavy atom. The number of anilines is 2. The normalized spacial score (nSPS) is 13.0. The van der Waals surface area contributed by atoms with Crippen LogP contribution >= 0.6 is 23.4 Å². The smallest absolute Gasteiger partial charge is 0.316 e. The number of carbonyl (C=O) groups excluding carboxylic acids is 3. The van der Waals surface area contributed by atoms with Crippen LogP contribution in [0.4, 0.5) is 11.4 Å². The highest BCUT2D eigenvalue weighted by atomic mass is 35.5. The van der Waals surface area contributed by atoms with Gasteiger partial charge in [0.1, 0.15) is 6.54 Å². The van der Waals surface area contributed by atoms with Crippen molar-refractivity contribution < 1.29 is 19.1 Å². The molecule has 0 unspecified atom stereocenters. The fourth-order valence-electron chi connectivity index (χ4n) is 2.39. The molecule has 0 radical (unpaired) electrons. The first-order valence-electron chi connectivity index (χ1n) is 7.76. The van der Waals surface area contributed by atoms with Crippen molar-refractivity contribution in [2.75, 3.05) is 29.1 Å². The van der Waals surface area contributed by atoms with Crippen molar-refractivity contribution in [1.29, 1.82) is 0 Å². The Morgan fingerprint density at radius 2 is 1.88 bits per heavy atom. The molecule has 0 bridgehead atoms. The summed E-state index contributed by atoms with van der Waals surface area (Å²) in [7, 11) is 0. The molecule has 0 aromatic heterocycles. The Labute approximate surface area is 159 Å². The van der Waals surface area contributed by atoms with Crippen LogP contribution in [-0.4, -0.2) is 36.7 Å². The van der Waals surface area contributed by atoms with Gasteiger partial charge >= 0.3 is 5.97 Å². The number of fused-ring (bicyclic) bond motifs is 1. The van der Waals surface area contributed by atoms with Crippen molar-refractivity contribution >= 4 is 52.5 Å². The predicted molar refractivity (Wildman–Crippen MR) is 101 cm³/mol. The first-order chi connectivity index (χ1) is 12.5. The number of esters is 1. The number of hydrogen-bond acceptors (Lipinski definition) is 5. The molecule has 134 valence electrons. The Hall–Kier alpha value is -2.51. The summed E-state index contributed by atoms with van der Waals surface area (Å²) in [5, 5.41) is 3.32. The fourth-order valence-corrected chi connectivity index (χ4v) is 3.21. The molecular formula is C18H15ClN2O4S. The van der Waals surface area contributed by atoms with Crippen LogP contribution in [0.2, 0.25) is 5.02 Å². The lowest BCUT2D eigenvalue weighted by molar-refractivity contribution is -0.145. The van der Waals surface area contributed by atoms with E-state index in [4.69, 9.17) is 16.3 Å². The van der Waals surface area contributed by atoms with Gasteiger partial charge in [-0.15, -0.1) is 11.8 Å². The summed E-state index contributed by atoms with van der Waals surface area (Å²) in [6.45, 7) is -0.519. The zero-order valence-corrected chi connectivity index (χ0v) is 15.2. The van der Waals surface area contributed by atoms with Gasteiger partial charge in [0.2, 0.25) is 5.91 Å². The molecule has 0 aliphatic carbocycles. The number of benzene rings is 2. The molecule has 0 saturated carbocycles. The summed E-state index contributed by atoms with van der Waals surface area (Å²) in [5.74, 6) is -1.17. The maximum absolute atomic E-state index is 12.4. The topological polar surface area (TPSA) is 75.7 Å². The maximum atomic E-state index is 12.4. The van der Waals surface area contributed by atoms with Crippen LogP contribution in [0.1, 0.15) is 0 Å². The largest absolute Gasteiger partial charge is 0.455 e. The number of halogens is 1. The predicted octanol–water partition coefficient (Wildman–Crippen LogP) is 2.96. The van der Waals surface area contributed by atoms with E-state index in [-0.39, 0.29) is 18.2 Å². The number of thioether (sulfide) groups is 1. The van der Waals surface area contributed by atoms with E-state index in [1.54, 1.807) is 48.5 Å². The lowest BCUT2D eigenvalue weighted by atomic mass is 10.2. The van der Waals surface area contributed by atoms with E-state index >= 15 is 0 Å². The Bertz CT molecular complexity index is 841. The SMILES string of the molecule is O=C1CN(C(=O)COC(=O)CSc2ccc(Cl)cc2)c2ccccc2N1. The zero-order valence-electron chi connectivity index (χ0n) is 13.6. The van der Waals surface area contributed by atoms with Crippen LogP contribution in [0, 0.1) is 0 Å². The molecule has 6 nitrogen and oxygen atoms in total. The lowest BCUT2D eigenvalue weighted by Gasteiger charge is -2.28. The first kappa shape index (κ1) is 18.3. The molecule has 0 spiro atoms. The Balaban J connectivity index is 1.53. The third-order valence-electron chi connectivity index (χ3n) is 3.60. The minimum atomic E-state index is -0.506. The van der Waals surface area contributed by atoms with E-state index < -0.39 is 18.5 Å². The van der Waals surface area contributed by atoms with Gasteiger partial charge in [0.15, 0.2) is 6.61 Å². The minimum Gasteiger partial charge on any atom is -0.455 e. The summed E-state index contributed by atoms with van der Waals surface area (Å²) in [5.41, 5.74) is 1.14. The molecule has 8 heteroatoms. The molecule has 26 heavy (non-hydrogen) atoms. The molecule has 0 fully saturated rings. The number of carbonyl (C=O) groups is 3. The van der Waals surface area contributed by atoms with Crippen LogP contribution in [0.25, 0.3) is 0 Å². The molecule has 1 N–H and O–H groups in total. The molecule has 0 atom stereocenters. The molecule has 2 aromatic rings. The summed E-state index contributed by atoms with van der Waals surface area (Å²) in [6.07, 6.45) is 0. The minimum absolute atomic E-state index is 0.0754. The Morgan fingerprint density at radius 3 is 2.65 bits per heavy atom. The van der Waals surface area contributed by atoms with Gasteiger partial charge in [-0.1, -0.05) is 23.7 Å². The van der Waals surface area contributed by atoms with Gasteiger partial charge in [-0.3, -0.25) is 19.3 Å². The van der Waals surface area contributed by atoms with E-state index in [1.807, 2.05) is 0 Å². The van der Waals surface area contributed by atoms with Gasteiger partial charge in [0.05, 0.1) is 17.1 Å². The first-order valence-corrected chi connectivity index (χ1v) is 9.12. The van der Waals surface area contributed by atoms with Crippen molar-refractivity contribution in [3.8, 4) is 0 Å². The van der Waals surface area contributed by atoms with Gasteiger partial charge in [-0.25, -0.2) is 0 Å². The molecule has 1 aliphatic rings. The number of nitrogens with one attached hydrogen (secondary N) is 1. The summed E-state index contributed by atoms with van der Waals surface area (Å²) < 4.78 is 5.04. The van der Waals surface area contributed by atoms with Crippen LogP contribution < -0.4 is 10.2 Å². The van der Waals surface area contributed by atoms with Crippen molar-refractivity contribution in [2.24, 2.45) is 0 Å². The monoisotopic (exact) mass is 390 g/mol. The Kier molecular flexibility index (Phi) is 5.80. The summed E-state index contributed by atoms with van der Waals surface area (Å²) in [6, 6.07) is 14.0. The van der Waals surface area contributed by atoms with Gasteiger partial charge in [0, 0.05) is 9.92 Å². The van der Waals surface area contributed by atoms with Crippen molar-refractivity contribution in [1.82, 2.24) is 0 Å². The highest BCUT2D eigenvalue weighted by Crippen LogP contribution is 2.28. The van der Waals surface area contributed by atoms with Crippen molar-refractivity contribution in [3.63, 3.8) is 0 Å². The second-order valence-electron chi connectivity index (χ2n) is 5.45.